The van der Waals surface area contributed by atoms with Gasteiger partial charge in [0.15, 0.2) is 0 Å². The largest absolute Gasteiger partial charge is 0.354 e. The molecule has 0 heterocycles. The SMILES string of the molecule is CCCCCCNC(=O)[C@@H](NC(=O)CCCCC)C(C)C. The average Bonchev–Trinajstić information content (AvgIpc) is 2.44. The van der Waals surface area contributed by atoms with E-state index in [-0.39, 0.29) is 17.7 Å². The summed E-state index contributed by atoms with van der Waals surface area (Å²) < 4.78 is 0. The molecule has 4 heteroatoms. The van der Waals surface area contributed by atoms with Crippen LogP contribution in [0.4, 0.5) is 0 Å². The van der Waals surface area contributed by atoms with Gasteiger partial charge in [-0.2, -0.15) is 0 Å². The zero-order valence-electron chi connectivity index (χ0n) is 14.3. The van der Waals surface area contributed by atoms with E-state index in [4.69, 9.17) is 0 Å². The predicted molar refractivity (Wildman–Crippen MR) is 88.1 cm³/mol. The summed E-state index contributed by atoms with van der Waals surface area (Å²) in [6.07, 6.45) is 8.12. The van der Waals surface area contributed by atoms with Crippen LogP contribution in [-0.4, -0.2) is 24.4 Å². The van der Waals surface area contributed by atoms with E-state index < -0.39 is 6.04 Å². The third kappa shape index (κ3) is 10.3. The maximum absolute atomic E-state index is 12.2. The Morgan fingerprint density at radius 1 is 0.905 bits per heavy atom. The van der Waals surface area contributed by atoms with Gasteiger partial charge in [0, 0.05) is 13.0 Å². The monoisotopic (exact) mass is 298 g/mol. The van der Waals surface area contributed by atoms with E-state index in [0.717, 1.165) is 32.1 Å². The van der Waals surface area contributed by atoms with E-state index >= 15 is 0 Å². The van der Waals surface area contributed by atoms with Crippen LogP contribution in [-0.2, 0) is 9.59 Å². The highest BCUT2D eigenvalue weighted by Crippen LogP contribution is 2.05. The molecule has 124 valence electrons. The van der Waals surface area contributed by atoms with Gasteiger partial charge in [-0.25, -0.2) is 0 Å². The Kier molecular flexibility index (Phi) is 12.0. The van der Waals surface area contributed by atoms with Crippen molar-refractivity contribution >= 4 is 11.8 Å². The van der Waals surface area contributed by atoms with Crippen LogP contribution in [0.1, 0.15) is 79.1 Å². The van der Waals surface area contributed by atoms with Crippen LogP contribution in [0.5, 0.6) is 0 Å². The Labute approximate surface area is 130 Å². The Bertz CT molecular complexity index is 291. The number of nitrogens with one attached hydrogen (secondary N) is 2. The quantitative estimate of drug-likeness (QED) is 0.542. The van der Waals surface area contributed by atoms with Gasteiger partial charge in [-0.1, -0.05) is 59.8 Å². The van der Waals surface area contributed by atoms with Crippen molar-refractivity contribution in [2.45, 2.75) is 85.1 Å². The minimum Gasteiger partial charge on any atom is -0.354 e. The highest BCUT2D eigenvalue weighted by atomic mass is 16.2. The smallest absolute Gasteiger partial charge is 0.242 e. The van der Waals surface area contributed by atoms with E-state index in [2.05, 4.69) is 24.5 Å². The maximum atomic E-state index is 12.2. The summed E-state index contributed by atoms with van der Waals surface area (Å²) in [5.41, 5.74) is 0. The zero-order valence-corrected chi connectivity index (χ0v) is 14.3. The highest BCUT2D eigenvalue weighted by molar-refractivity contribution is 5.87. The lowest BCUT2D eigenvalue weighted by molar-refractivity contribution is -0.130. The molecule has 0 aliphatic heterocycles. The normalized spacial score (nSPS) is 12.2. The van der Waals surface area contributed by atoms with Crippen molar-refractivity contribution in [1.82, 2.24) is 10.6 Å². The molecule has 0 aromatic rings. The first kappa shape index (κ1) is 19.9. The van der Waals surface area contributed by atoms with Crippen LogP contribution in [0.3, 0.4) is 0 Å². The molecule has 0 fully saturated rings. The third-order valence-electron chi connectivity index (χ3n) is 3.60. The molecule has 0 aromatic carbocycles. The number of unbranched alkanes of at least 4 members (excludes halogenated alkanes) is 5. The number of hydrogen-bond acceptors (Lipinski definition) is 2. The number of carbonyl (C=O) groups excluding carboxylic acids is 2. The molecule has 0 saturated carbocycles. The second-order valence-corrected chi connectivity index (χ2v) is 6.10. The van der Waals surface area contributed by atoms with Crippen LogP contribution in [0, 0.1) is 5.92 Å². The van der Waals surface area contributed by atoms with Gasteiger partial charge in [-0.15, -0.1) is 0 Å². The summed E-state index contributed by atoms with van der Waals surface area (Å²) in [5.74, 6) is 0.0457. The Morgan fingerprint density at radius 3 is 2.10 bits per heavy atom. The molecular weight excluding hydrogens is 264 g/mol. The summed E-state index contributed by atoms with van der Waals surface area (Å²) in [4.78, 5) is 24.0. The van der Waals surface area contributed by atoms with Crippen LogP contribution in [0.2, 0.25) is 0 Å². The molecule has 0 spiro atoms. The van der Waals surface area contributed by atoms with Gasteiger partial charge in [0.05, 0.1) is 0 Å². The lowest BCUT2D eigenvalue weighted by Gasteiger charge is -2.21. The number of carbonyl (C=O) groups is 2. The minimum absolute atomic E-state index is 0.0108. The zero-order chi connectivity index (χ0) is 16.1. The fourth-order valence-electron chi connectivity index (χ4n) is 2.19. The van der Waals surface area contributed by atoms with Gasteiger partial charge >= 0.3 is 0 Å². The lowest BCUT2D eigenvalue weighted by atomic mass is 10.0. The van der Waals surface area contributed by atoms with Gasteiger partial charge in [0.25, 0.3) is 0 Å². The van der Waals surface area contributed by atoms with Crippen LogP contribution >= 0.6 is 0 Å². The topological polar surface area (TPSA) is 58.2 Å². The first-order chi connectivity index (χ1) is 10.0. The molecule has 0 bridgehead atoms. The van der Waals surface area contributed by atoms with Gasteiger partial charge in [0.1, 0.15) is 6.04 Å². The van der Waals surface area contributed by atoms with Crippen molar-refractivity contribution < 1.29 is 9.59 Å². The van der Waals surface area contributed by atoms with Crippen LogP contribution in [0.15, 0.2) is 0 Å². The van der Waals surface area contributed by atoms with Gasteiger partial charge < -0.3 is 10.6 Å². The van der Waals surface area contributed by atoms with E-state index in [1.807, 2.05) is 13.8 Å². The van der Waals surface area contributed by atoms with E-state index in [1.165, 1.54) is 12.8 Å². The summed E-state index contributed by atoms with van der Waals surface area (Å²) in [6, 6.07) is -0.412. The summed E-state index contributed by atoms with van der Waals surface area (Å²) in [5, 5.41) is 5.82. The molecule has 2 N–H and O–H groups in total. The molecular formula is C17H34N2O2. The molecule has 4 nitrogen and oxygen atoms in total. The molecule has 0 rings (SSSR count). The average molecular weight is 298 g/mol. The highest BCUT2D eigenvalue weighted by Gasteiger charge is 2.23. The molecule has 21 heavy (non-hydrogen) atoms. The Hall–Kier alpha value is -1.06. The number of rotatable bonds is 12. The number of amides is 2. The minimum atomic E-state index is -0.412. The van der Waals surface area contributed by atoms with Gasteiger partial charge in [-0.3, -0.25) is 9.59 Å². The van der Waals surface area contributed by atoms with Crippen molar-refractivity contribution in [1.29, 1.82) is 0 Å². The van der Waals surface area contributed by atoms with E-state index in [9.17, 15) is 9.59 Å². The van der Waals surface area contributed by atoms with Gasteiger partial charge in [-0.05, 0) is 18.8 Å². The number of hydrogen-bond donors (Lipinski definition) is 2. The molecule has 0 radical (unpaired) electrons. The third-order valence-corrected chi connectivity index (χ3v) is 3.60. The molecule has 0 aliphatic carbocycles. The molecule has 0 saturated heterocycles. The summed E-state index contributed by atoms with van der Waals surface area (Å²) in [6.45, 7) is 8.91. The first-order valence-corrected chi connectivity index (χ1v) is 8.59. The fourth-order valence-corrected chi connectivity index (χ4v) is 2.19. The molecule has 0 aromatic heterocycles. The molecule has 1 atom stereocenters. The summed E-state index contributed by atoms with van der Waals surface area (Å²) >= 11 is 0. The van der Waals surface area contributed by atoms with E-state index in [1.54, 1.807) is 0 Å². The van der Waals surface area contributed by atoms with Crippen molar-refractivity contribution in [3.63, 3.8) is 0 Å². The molecule has 2 amide bonds. The van der Waals surface area contributed by atoms with Crippen molar-refractivity contribution in [2.75, 3.05) is 6.54 Å². The summed E-state index contributed by atoms with van der Waals surface area (Å²) in [7, 11) is 0. The van der Waals surface area contributed by atoms with Crippen LogP contribution in [0.25, 0.3) is 0 Å². The second-order valence-electron chi connectivity index (χ2n) is 6.10. The second kappa shape index (κ2) is 12.7. The van der Waals surface area contributed by atoms with Crippen LogP contribution < -0.4 is 10.6 Å². The molecule has 0 unspecified atom stereocenters. The van der Waals surface area contributed by atoms with Gasteiger partial charge in [0.2, 0.25) is 11.8 Å². The van der Waals surface area contributed by atoms with Crippen molar-refractivity contribution in [3.8, 4) is 0 Å². The molecule has 0 aliphatic rings. The standard InChI is InChI=1S/C17H34N2O2/c1-5-7-9-11-13-18-17(21)16(14(3)4)19-15(20)12-10-8-6-2/h14,16H,5-13H2,1-4H3,(H,18,21)(H,19,20)/t16-/m0/s1. The van der Waals surface area contributed by atoms with E-state index in [0.29, 0.717) is 13.0 Å². The fraction of sp³-hybridized carbons (Fsp3) is 0.882. The predicted octanol–water partition coefficient (Wildman–Crippen LogP) is 3.40. The lowest BCUT2D eigenvalue weighted by Crippen LogP contribution is -2.49. The van der Waals surface area contributed by atoms with Crippen molar-refractivity contribution in [3.05, 3.63) is 0 Å². The maximum Gasteiger partial charge on any atom is 0.242 e. The Balaban J connectivity index is 4.09. The first-order valence-electron chi connectivity index (χ1n) is 8.59. The van der Waals surface area contributed by atoms with Crippen molar-refractivity contribution in [2.24, 2.45) is 5.92 Å². The Morgan fingerprint density at radius 2 is 1.52 bits per heavy atom.